The molecule has 1 atom stereocenters. The number of sulfone groups is 1. The number of rotatable bonds is 5. The van der Waals surface area contributed by atoms with E-state index in [1.165, 1.54) is 18.2 Å². The molecule has 0 radical (unpaired) electrons. The summed E-state index contributed by atoms with van der Waals surface area (Å²) >= 11 is 0. The molecule has 7 heteroatoms. The average Bonchev–Trinajstić information content (AvgIpc) is 2.82. The summed E-state index contributed by atoms with van der Waals surface area (Å²) < 4.78 is 44.8. The van der Waals surface area contributed by atoms with Crippen LogP contribution in [-0.2, 0) is 21.1 Å². The fourth-order valence-corrected chi connectivity index (χ4v) is 5.24. The average molecular weight is 405 g/mol. The van der Waals surface area contributed by atoms with Gasteiger partial charge in [-0.15, -0.1) is 0 Å². The third kappa shape index (κ3) is 4.70. The van der Waals surface area contributed by atoms with Crippen LogP contribution in [0.2, 0.25) is 0 Å². The first-order chi connectivity index (χ1) is 13.4. The Balaban J connectivity index is 1.70. The fourth-order valence-electron chi connectivity index (χ4n) is 3.44. The van der Waals surface area contributed by atoms with Crippen molar-refractivity contribution in [2.45, 2.75) is 25.0 Å². The monoisotopic (exact) mass is 405 g/mol. The van der Waals surface area contributed by atoms with E-state index >= 15 is 0 Å². The maximum Gasteiger partial charge on any atom is 0.227 e. The molecule has 1 unspecified atom stereocenters. The van der Waals surface area contributed by atoms with Gasteiger partial charge in [-0.05, 0) is 37.1 Å². The van der Waals surface area contributed by atoms with Gasteiger partial charge in [-0.1, -0.05) is 30.3 Å². The number of carbonyl (C=O) groups excluding carboxylic acids is 1. The third-order valence-corrected chi connectivity index (χ3v) is 7.04. The van der Waals surface area contributed by atoms with Crippen molar-refractivity contribution < 1.29 is 22.3 Å². The van der Waals surface area contributed by atoms with Gasteiger partial charge in [0.05, 0.1) is 24.0 Å². The largest absolute Gasteiger partial charge is 0.494 e. The lowest BCUT2D eigenvalue weighted by molar-refractivity contribution is -0.130. The minimum atomic E-state index is -3.54. The van der Waals surface area contributed by atoms with E-state index in [-0.39, 0.29) is 43.2 Å². The minimum absolute atomic E-state index is 0.128. The van der Waals surface area contributed by atoms with Crippen LogP contribution < -0.4 is 4.74 Å². The van der Waals surface area contributed by atoms with Gasteiger partial charge in [0.15, 0.2) is 9.84 Å². The molecule has 2 aromatic rings. The second-order valence-electron chi connectivity index (χ2n) is 6.80. The number of carbonyl (C=O) groups is 1. The van der Waals surface area contributed by atoms with Crippen molar-refractivity contribution in [2.24, 2.45) is 0 Å². The summed E-state index contributed by atoms with van der Waals surface area (Å²) in [5, 5.41) is -0.919. The molecule has 3 rings (SSSR count). The van der Waals surface area contributed by atoms with Crippen molar-refractivity contribution in [3.05, 3.63) is 65.5 Å². The van der Waals surface area contributed by atoms with Gasteiger partial charge in [0, 0.05) is 18.7 Å². The van der Waals surface area contributed by atoms with Crippen LogP contribution in [0.3, 0.4) is 0 Å². The van der Waals surface area contributed by atoms with Crippen molar-refractivity contribution in [2.75, 3.05) is 25.4 Å². The number of hydrogen-bond donors (Lipinski definition) is 0. The van der Waals surface area contributed by atoms with E-state index < -0.39 is 20.9 Å². The summed E-state index contributed by atoms with van der Waals surface area (Å²) in [6.45, 7) is 2.89. The Morgan fingerprint density at radius 3 is 2.54 bits per heavy atom. The molecule has 1 fully saturated rings. The predicted molar refractivity (Wildman–Crippen MR) is 105 cm³/mol. The molecular weight excluding hydrogens is 381 g/mol. The topological polar surface area (TPSA) is 63.7 Å². The van der Waals surface area contributed by atoms with Gasteiger partial charge < -0.3 is 9.64 Å². The van der Waals surface area contributed by atoms with Gasteiger partial charge in [0.2, 0.25) is 5.91 Å². The van der Waals surface area contributed by atoms with Gasteiger partial charge >= 0.3 is 0 Å². The smallest absolute Gasteiger partial charge is 0.227 e. The van der Waals surface area contributed by atoms with E-state index in [1.54, 1.807) is 11.0 Å². The zero-order chi connectivity index (χ0) is 20.1. The number of nitrogens with zero attached hydrogens (tertiary/aromatic N) is 1. The molecule has 0 saturated carbocycles. The molecule has 1 amide bonds. The molecule has 0 aromatic heterocycles. The number of halogens is 1. The quantitative estimate of drug-likeness (QED) is 0.767. The van der Waals surface area contributed by atoms with E-state index in [4.69, 9.17) is 4.74 Å². The van der Waals surface area contributed by atoms with Crippen LogP contribution >= 0.6 is 0 Å². The standard InChI is InChI=1S/C21H24FNO4S/c1-2-27-17-9-7-16(8-10-17)15-21(24)23-12-11-20(28(25,26)14-13-23)18-5-3-4-6-19(18)22/h3-10,20H,2,11-15H2,1H3. The van der Waals surface area contributed by atoms with E-state index in [0.717, 1.165) is 11.3 Å². The zero-order valence-electron chi connectivity index (χ0n) is 15.8. The highest BCUT2D eigenvalue weighted by molar-refractivity contribution is 7.91. The molecular formula is C21H24FNO4S. The van der Waals surface area contributed by atoms with Crippen molar-refractivity contribution in [1.29, 1.82) is 0 Å². The first-order valence-electron chi connectivity index (χ1n) is 9.36. The summed E-state index contributed by atoms with van der Waals surface area (Å²) in [5.41, 5.74) is 1.02. The highest BCUT2D eigenvalue weighted by Crippen LogP contribution is 2.31. The second-order valence-corrected chi connectivity index (χ2v) is 9.10. The molecule has 0 bridgehead atoms. The highest BCUT2D eigenvalue weighted by Gasteiger charge is 2.34. The first kappa shape index (κ1) is 20.3. The summed E-state index contributed by atoms with van der Waals surface area (Å²) in [7, 11) is -3.54. The van der Waals surface area contributed by atoms with Crippen molar-refractivity contribution >= 4 is 15.7 Å². The Morgan fingerprint density at radius 1 is 1.14 bits per heavy atom. The molecule has 5 nitrogen and oxygen atoms in total. The van der Waals surface area contributed by atoms with Gasteiger partial charge in [0.25, 0.3) is 0 Å². The van der Waals surface area contributed by atoms with Gasteiger partial charge in [-0.2, -0.15) is 0 Å². The Bertz CT molecular complexity index is 928. The van der Waals surface area contributed by atoms with E-state index in [0.29, 0.717) is 6.61 Å². The summed E-state index contributed by atoms with van der Waals surface area (Å²) in [4.78, 5) is 14.2. The molecule has 0 spiro atoms. The van der Waals surface area contributed by atoms with Gasteiger partial charge in [0.1, 0.15) is 11.6 Å². The Morgan fingerprint density at radius 2 is 1.86 bits per heavy atom. The van der Waals surface area contributed by atoms with Crippen molar-refractivity contribution in [3.8, 4) is 5.75 Å². The summed E-state index contributed by atoms with van der Waals surface area (Å²) in [6, 6.07) is 13.2. The van der Waals surface area contributed by atoms with E-state index in [1.807, 2.05) is 31.2 Å². The molecule has 150 valence electrons. The summed E-state index contributed by atoms with van der Waals surface area (Å²) in [5.74, 6) is -0.0767. The SMILES string of the molecule is CCOc1ccc(CC(=O)N2CCC(c3ccccc3F)S(=O)(=O)CC2)cc1. The first-order valence-corrected chi connectivity index (χ1v) is 11.1. The number of amides is 1. The lowest BCUT2D eigenvalue weighted by Gasteiger charge is -2.20. The molecule has 0 N–H and O–H groups in total. The minimum Gasteiger partial charge on any atom is -0.494 e. The summed E-state index contributed by atoms with van der Waals surface area (Å²) in [6.07, 6.45) is 0.384. The highest BCUT2D eigenvalue weighted by atomic mass is 32.2. The second kappa shape index (κ2) is 8.73. The molecule has 28 heavy (non-hydrogen) atoms. The fraction of sp³-hybridized carbons (Fsp3) is 0.381. The molecule has 1 aliphatic rings. The lowest BCUT2D eigenvalue weighted by atomic mass is 10.1. The van der Waals surface area contributed by atoms with Crippen molar-refractivity contribution in [3.63, 3.8) is 0 Å². The molecule has 1 aliphatic heterocycles. The van der Waals surface area contributed by atoms with Crippen LogP contribution in [0.1, 0.15) is 29.7 Å². The molecule has 1 heterocycles. The molecule has 1 saturated heterocycles. The Hall–Kier alpha value is -2.41. The van der Waals surface area contributed by atoms with E-state index in [9.17, 15) is 17.6 Å². The van der Waals surface area contributed by atoms with Crippen molar-refractivity contribution in [1.82, 2.24) is 4.90 Å². The maximum absolute atomic E-state index is 14.1. The lowest BCUT2D eigenvalue weighted by Crippen LogP contribution is -2.34. The molecule has 0 aliphatic carbocycles. The van der Waals surface area contributed by atoms with Crippen LogP contribution in [0, 0.1) is 5.82 Å². The molecule has 2 aromatic carbocycles. The number of benzene rings is 2. The normalized spacial score (nSPS) is 19.1. The van der Waals surface area contributed by atoms with Gasteiger partial charge in [-0.3, -0.25) is 4.79 Å². The van der Waals surface area contributed by atoms with Crippen LogP contribution in [0.15, 0.2) is 48.5 Å². The van der Waals surface area contributed by atoms with Crippen LogP contribution in [0.25, 0.3) is 0 Å². The Labute approximate surface area is 165 Å². The maximum atomic E-state index is 14.1. The predicted octanol–water partition coefficient (Wildman–Crippen LogP) is 3.16. The Kier molecular flexibility index (Phi) is 6.34. The van der Waals surface area contributed by atoms with Crippen LogP contribution in [-0.4, -0.2) is 44.7 Å². The zero-order valence-corrected chi connectivity index (χ0v) is 16.6. The third-order valence-electron chi connectivity index (χ3n) is 4.93. The van der Waals surface area contributed by atoms with Gasteiger partial charge in [-0.25, -0.2) is 12.8 Å². The van der Waals surface area contributed by atoms with Crippen LogP contribution in [0.5, 0.6) is 5.75 Å². The number of ether oxygens (including phenoxy) is 1. The van der Waals surface area contributed by atoms with Crippen LogP contribution in [0.4, 0.5) is 4.39 Å². The number of hydrogen-bond acceptors (Lipinski definition) is 4. The van der Waals surface area contributed by atoms with E-state index in [2.05, 4.69) is 0 Å².